The van der Waals surface area contributed by atoms with Gasteiger partial charge in [-0.3, -0.25) is 19.5 Å². The number of rotatable bonds is 4. The first kappa shape index (κ1) is 14.8. The summed E-state index contributed by atoms with van der Waals surface area (Å²) in [5.41, 5.74) is 3.03. The Balaban J connectivity index is 1.59. The van der Waals surface area contributed by atoms with Gasteiger partial charge in [-0.15, -0.1) is 11.3 Å². The topological polar surface area (TPSA) is 50.3 Å². The molecule has 0 aliphatic carbocycles. The molecule has 4 rings (SSSR count). The van der Waals surface area contributed by atoms with Gasteiger partial charge >= 0.3 is 0 Å². The number of imide groups is 1. The van der Waals surface area contributed by atoms with Gasteiger partial charge in [-0.2, -0.15) is 0 Å². The number of aromatic nitrogens is 1. The van der Waals surface area contributed by atoms with Crippen LogP contribution in [0.4, 0.5) is 0 Å². The highest BCUT2D eigenvalue weighted by Gasteiger charge is 2.35. The number of carbonyl (C=O) groups is 2. The van der Waals surface area contributed by atoms with E-state index < -0.39 is 0 Å². The number of thiophene rings is 1. The predicted octanol–water partition coefficient (Wildman–Crippen LogP) is 3.65. The molecule has 0 saturated heterocycles. The van der Waals surface area contributed by atoms with Crippen molar-refractivity contribution in [1.82, 2.24) is 9.88 Å². The molecule has 0 spiro atoms. The summed E-state index contributed by atoms with van der Waals surface area (Å²) in [5.74, 6) is -0.413. The highest BCUT2D eigenvalue weighted by atomic mass is 32.1. The van der Waals surface area contributed by atoms with Crippen molar-refractivity contribution in [3.8, 4) is 10.4 Å². The number of pyridine rings is 1. The third-order valence-electron chi connectivity index (χ3n) is 4.15. The summed E-state index contributed by atoms with van der Waals surface area (Å²) < 4.78 is 0. The van der Waals surface area contributed by atoms with Crippen molar-refractivity contribution < 1.29 is 9.59 Å². The lowest BCUT2D eigenvalue weighted by molar-refractivity contribution is 0.0656. The van der Waals surface area contributed by atoms with E-state index in [2.05, 4.69) is 4.98 Å². The van der Waals surface area contributed by atoms with E-state index in [1.54, 1.807) is 29.8 Å². The molecule has 2 amide bonds. The van der Waals surface area contributed by atoms with E-state index in [4.69, 9.17) is 0 Å². The monoisotopic (exact) mass is 334 g/mol. The molecule has 0 bridgehead atoms. The smallest absolute Gasteiger partial charge is 0.261 e. The van der Waals surface area contributed by atoms with Gasteiger partial charge in [-0.25, -0.2) is 0 Å². The van der Waals surface area contributed by atoms with Crippen LogP contribution in [-0.2, 0) is 6.42 Å². The van der Waals surface area contributed by atoms with E-state index in [9.17, 15) is 9.59 Å². The van der Waals surface area contributed by atoms with Crippen molar-refractivity contribution in [2.45, 2.75) is 6.42 Å². The third-order valence-corrected chi connectivity index (χ3v) is 5.07. The average molecular weight is 334 g/mol. The zero-order valence-corrected chi connectivity index (χ0v) is 13.6. The van der Waals surface area contributed by atoms with Gasteiger partial charge in [0.2, 0.25) is 0 Å². The fraction of sp³-hybridized carbons (Fsp3) is 0.105. The van der Waals surface area contributed by atoms with Crippen molar-refractivity contribution in [3.05, 3.63) is 76.9 Å². The second kappa shape index (κ2) is 6.02. The first-order valence-electron chi connectivity index (χ1n) is 7.67. The van der Waals surface area contributed by atoms with Crippen molar-refractivity contribution in [2.24, 2.45) is 0 Å². The molecule has 24 heavy (non-hydrogen) atoms. The Morgan fingerprint density at radius 1 is 0.958 bits per heavy atom. The number of hydrogen-bond donors (Lipinski definition) is 0. The molecule has 0 N–H and O–H groups in total. The molecule has 0 radical (unpaired) electrons. The van der Waals surface area contributed by atoms with Crippen molar-refractivity contribution in [1.29, 1.82) is 0 Å². The van der Waals surface area contributed by atoms with Crippen molar-refractivity contribution in [3.63, 3.8) is 0 Å². The van der Waals surface area contributed by atoms with Crippen LogP contribution < -0.4 is 0 Å². The van der Waals surface area contributed by atoms with E-state index in [0.717, 1.165) is 16.0 Å². The Kier molecular flexibility index (Phi) is 3.70. The molecule has 0 fully saturated rings. The molecule has 3 heterocycles. The second-order valence-electron chi connectivity index (χ2n) is 5.61. The van der Waals surface area contributed by atoms with Gasteiger partial charge in [0.25, 0.3) is 11.8 Å². The molecule has 0 saturated carbocycles. The van der Waals surface area contributed by atoms with Crippen molar-refractivity contribution in [2.75, 3.05) is 6.54 Å². The van der Waals surface area contributed by atoms with E-state index >= 15 is 0 Å². The molecule has 0 atom stereocenters. The number of fused-ring (bicyclic) bond motifs is 1. The molecular weight excluding hydrogens is 320 g/mol. The van der Waals surface area contributed by atoms with Gasteiger partial charge in [0.1, 0.15) is 0 Å². The number of nitrogens with zero attached hydrogens (tertiary/aromatic N) is 2. The number of carbonyl (C=O) groups excluding carboxylic acids is 2. The molecule has 1 aliphatic rings. The molecule has 1 aromatic carbocycles. The van der Waals surface area contributed by atoms with Gasteiger partial charge in [0, 0.05) is 23.8 Å². The summed E-state index contributed by atoms with van der Waals surface area (Å²) in [6, 6.07) is 13.3. The summed E-state index contributed by atoms with van der Waals surface area (Å²) >= 11 is 1.62. The molecule has 1 aliphatic heterocycles. The minimum Gasteiger partial charge on any atom is -0.274 e. The van der Waals surface area contributed by atoms with Crippen LogP contribution in [0.25, 0.3) is 10.4 Å². The Labute approximate surface area is 143 Å². The highest BCUT2D eigenvalue weighted by molar-refractivity contribution is 7.13. The Morgan fingerprint density at radius 3 is 2.50 bits per heavy atom. The van der Waals surface area contributed by atoms with Crippen molar-refractivity contribution >= 4 is 23.2 Å². The molecule has 4 nitrogen and oxygen atoms in total. The zero-order valence-electron chi connectivity index (χ0n) is 12.8. The molecule has 5 heteroatoms. The Hall–Kier alpha value is -2.79. The maximum absolute atomic E-state index is 12.6. The third kappa shape index (κ3) is 2.53. The summed E-state index contributed by atoms with van der Waals surface area (Å²) in [7, 11) is 0. The van der Waals surface area contributed by atoms with E-state index in [1.807, 2.05) is 41.8 Å². The predicted molar refractivity (Wildman–Crippen MR) is 93.1 cm³/mol. The van der Waals surface area contributed by atoms with Crippen LogP contribution in [0, 0.1) is 0 Å². The standard InChI is InChI=1S/C19H14N2O2S/c22-18-15-4-3-14(17-2-1-11-24-17)12-16(15)19(23)21(18)10-7-13-5-8-20-9-6-13/h1-6,8-9,11-12H,7,10H2. The van der Waals surface area contributed by atoms with E-state index in [0.29, 0.717) is 24.1 Å². The van der Waals surface area contributed by atoms with Crippen LogP contribution in [0.15, 0.2) is 60.2 Å². The van der Waals surface area contributed by atoms with Gasteiger partial charge in [-0.1, -0.05) is 12.1 Å². The summed E-state index contributed by atoms with van der Waals surface area (Å²) in [4.78, 5) is 31.6. The lowest BCUT2D eigenvalue weighted by atomic mass is 10.0. The fourth-order valence-corrected chi connectivity index (χ4v) is 3.60. The van der Waals surface area contributed by atoms with Gasteiger partial charge in [-0.05, 0) is 53.3 Å². The van der Waals surface area contributed by atoms with Gasteiger partial charge in [0.15, 0.2) is 0 Å². The summed E-state index contributed by atoms with van der Waals surface area (Å²) in [6.45, 7) is 0.380. The number of amides is 2. The SMILES string of the molecule is O=C1c2ccc(-c3cccs3)cc2C(=O)N1CCc1ccncc1. The van der Waals surface area contributed by atoms with Gasteiger partial charge < -0.3 is 0 Å². The maximum Gasteiger partial charge on any atom is 0.261 e. The minimum absolute atomic E-state index is 0.206. The molecule has 118 valence electrons. The van der Waals surface area contributed by atoms with E-state index in [-0.39, 0.29) is 11.8 Å². The Morgan fingerprint density at radius 2 is 1.75 bits per heavy atom. The number of hydrogen-bond acceptors (Lipinski definition) is 4. The molecule has 2 aromatic heterocycles. The number of benzene rings is 1. The molecular formula is C19H14N2O2S. The van der Waals surface area contributed by atoms with Crippen LogP contribution in [0.2, 0.25) is 0 Å². The fourth-order valence-electron chi connectivity index (χ4n) is 2.88. The quantitative estimate of drug-likeness (QED) is 0.684. The van der Waals surface area contributed by atoms with E-state index in [1.165, 1.54) is 4.90 Å². The molecule has 3 aromatic rings. The lowest BCUT2D eigenvalue weighted by Gasteiger charge is -2.13. The average Bonchev–Trinajstić information content (AvgIpc) is 3.23. The zero-order chi connectivity index (χ0) is 16.5. The lowest BCUT2D eigenvalue weighted by Crippen LogP contribution is -2.31. The molecule has 0 unspecified atom stereocenters. The minimum atomic E-state index is -0.207. The highest BCUT2D eigenvalue weighted by Crippen LogP contribution is 2.30. The van der Waals surface area contributed by atoms with Crippen LogP contribution >= 0.6 is 11.3 Å². The summed E-state index contributed by atoms with van der Waals surface area (Å²) in [5, 5.41) is 2.00. The normalized spacial score (nSPS) is 13.4. The summed E-state index contributed by atoms with van der Waals surface area (Å²) in [6.07, 6.45) is 4.06. The van der Waals surface area contributed by atoms with Crippen LogP contribution in [0.1, 0.15) is 26.3 Å². The van der Waals surface area contributed by atoms with Crippen LogP contribution in [-0.4, -0.2) is 28.2 Å². The second-order valence-corrected chi connectivity index (χ2v) is 6.55. The van der Waals surface area contributed by atoms with Gasteiger partial charge in [0.05, 0.1) is 11.1 Å². The first-order valence-corrected chi connectivity index (χ1v) is 8.55. The Bertz CT molecular complexity index is 904. The first-order chi connectivity index (χ1) is 11.7. The van der Waals surface area contributed by atoms with Crippen LogP contribution in [0.5, 0.6) is 0 Å². The van der Waals surface area contributed by atoms with Crippen LogP contribution in [0.3, 0.4) is 0 Å². The largest absolute Gasteiger partial charge is 0.274 e. The maximum atomic E-state index is 12.6.